The molecular formula is C18H21N3O2S. The van der Waals surface area contributed by atoms with Gasteiger partial charge in [-0.3, -0.25) is 9.59 Å². The van der Waals surface area contributed by atoms with Gasteiger partial charge >= 0.3 is 0 Å². The number of thiazole rings is 1. The molecule has 2 fully saturated rings. The fourth-order valence-corrected chi connectivity index (χ4v) is 4.29. The average molecular weight is 343 g/mol. The van der Waals surface area contributed by atoms with Crippen LogP contribution in [0.2, 0.25) is 0 Å². The first-order valence-corrected chi connectivity index (χ1v) is 9.38. The summed E-state index contributed by atoms with van der Waals surface area (Å²) in [5.74, 6) is 0.773. The summed E-state index contributed by atoms with van der Waals surface area (Å²) in [6.07, 6.45) is 6.01. The summed E-state index contributed by atoms with van der Waals surface area (Å²) in [6.45, 7) is 3.44. The monoisotopic (exact) mass is 343 g/mol. The number of hydrogen-bond acceptors (Lipinski definition) is 4. The second-order valence-corrected chi connectivity index (χ2v) is 8.07. The molecule has 0 atom stereocenters. The number of aryl methyl sites for hydroxylation is 1. The predicted octanol–water partition coefficient (Wildman–Crippen LogP) is 3.04. The van der Waals surface area contributed by atoms with E-state index in [1.54, 1.807) is 22.3 Å². The zero-order valence-corrected chi connectivity index (χ0v) is 14.6. The van der Waals surface area contributed by atoms with Gasteiger partial charge in [-0.15, -0.1) is 11.3 Å². The molecule has 3 heterocycles. The van der Waals surface area contributed by atoms with E-state index in [0.717, 1.165) is 31.4 Å². The normalized spacial score (nSPS) is 18.8. The van der Waals surface area contributed by atoms with Crippen LogP contribution in [0, 0.1) is 6.92 Å². The molecule has 0 spiro atoms. The molecule has 2 aromatic heterocycles. The number of hydrogen-bond donors (Lipinski definition) is 1. The smallest absolute Gasteiger partial charge is 0.261 e. The van der Waals surface area contributed by atoms with E-state index in [1.807, 2.05) is 12.3 Å². The Labute approximate surface area is 144 Å². The number of nitrogens with zero attached hydrogens (tertiary/aromatic N) is 2. The minimum Gasteiger partial charge on any atom is -0.338 e. The van der Waals surface area contributed by atoms with E-state index in [-0.39, 0.29) is 17.0 Å². The number of piperidine rings is 1. The Bertz CT molecular complexity index is 814. The molecule has 1 saturated carbocycles. The molecule has 1 N–H and O–H groups in total. The highest BCUT2D eigenvalue weighted by Gasteiger charge is 2.29. The van der Waals surface area contributed by atoms with Gasteiger partial charge in [0.2, 0.25) is 0 Å². The largest absolute Gasteiger partial charge is 0.338 e. The van der Waals surface area contributed by atoms with E-state index in [9.17, 15) is 9.59 Å². The summed E-state index contributed by atoms with van der Waals surface area (Å²) in [5.41, 5.74) is 0.986. The molecule has 1 aliphatic carbocycles. The van der Waals surface area contributed by atoms with E-state index in [4.69, 9.17) is 0 Å². The van der Waals surface area contributed by atoms with Crippen molar-refractivity contribution in [2.75, 3.05) is 13.1 Å². The van der Waals surface area contributed by atoms with Gasteiger partial charge in [0.1, 0.15) is 5.56 Å². The molecule has 2 aromatic rings. The number of H-pyrrole nitrogens is 1. The van der Waals surface area contributed by atoms with Crippen molar-refractivity contribution in [3.63, 3.8) is 0 Å². The second kappa shape index (κ2) is 6.16. The molecule has 1 amide bonds. The maximum Gasteiger partial charge on any atom is 0.261 e. The third kappa shape index (κ3) is 3.02. The number of aromatic amines is 1. The lowest BCUT2D eigenvalue weighted by atomic mass is 9.97. The van der Waals surface area contributed by atoms with E-state index >= 15 is 0 Å². The third-order valence-corrected chi connectivity index (χ3v) is 6.03. The number of amides is 1. The van der Waals surface area contributed by atoms with Crippen molar-refractivity contribution in [1.29, 1.82) is 0 Å². The van der Waals surface area contributed by atoms with Crippen LogP contribution in [0.15, 0.2) is 23.1 Å². The standard InChI is InChI=1S/C18H21N3O2S/c1-11-10-19-17(24-11)13-6-8-21(9-7-13)18(23)14-4-5-15(12-2-3-12)20-16(14)22/h4-5,10,12-13H,2-3,6-9H2,1H3,(H,20,22). The molecule has 1 saturated heterocycles. The maximum atomic E-state index is 12.7. The van der Waals surface area contributed by atoms with E-state index in [2.05, 4.69) is 16.9 Å². The molecule has 0 bridgehead atoms. The van der Waals surface area contributed by atoms with Gasteiger partial charge in [-0.25, -0.2) is 4.98 Å². The van der Waals surface area contributed by atoms with Crippen molar-refractivity contribution in [2.45, 2.75) is 44.4 Å². The molecule has 1 aliphatic heterocycles. The number of likely N-dealkylation sites (tertiary alicyclic amines) is 1. The minimum absolute atomic E-state index is 0.146. The number of nitrogens with one attached hydrogen (secondary N) is 1. The van der Waals surface area contributed by atoms with Gasteiger partial charge in [0, 0.05) is 35.8 Å². The van der Waals surface area contributed by atoms with Crippen LogP contribution in [0.1, 0.15) is 63.5 Å². The fourth-order valence-electron chi connectivity index (χ4n) is 3.35. The minimum atomic E-state index is -0.248. The SMILES string of the molecule is Cc1cnc(C2CCN(C(=O)c3ccc(C4CC4)[nH]c3=O)CC2)s1. The van der Waals surface area contributed by atoms with Crippen LogP contribution >= 0.6 is 11.3 Å². The van der Waals surface area contributed by atoms with Gasteiger partial charge in [-0.1, -0.05) is 0 Å². The molecule has 126 valence electrons. The molecule has 24 heavy (non-hydrogen) atoms. The molecule has 6 heteroatoms. The zero-order chi connectivity index (χ0) is 16.7. The average Bonchev–Trinajstić information content (AvgIpc) is 3.36. The Balaban J connectivity index is 1.43. The van der Waals surface area contributed by atoms with E-state index in [0.29, 0.717) is 24.9 Å². The first-order valence-electron chi connectivity index (χ1n) is 8.56. The summed E-state index contributed by atoms with van der Waals surface area (Å²) in [7, 11) is 0. The Morgan fingerprint density at radius 3 is 2.54 bits per heavy atom. The molecule has 0 unspecified atom stereocenters. The second-order valence-electron chi connectivity index (χ2n) is 6.81. The first-order chi connectivity index (χ1) is 11.6. The Morgan fingerprint density at radius 2 is 1.96 bits per heavy atom. The number of carbonyl (C=O) groups is 1. The van der Waals surface area contributed by atoms with Crippen molar-refractivity contribution in [1.82, 2.24) is 14.9 Å². The predicted molar refractivity (Wildman–Crippen MR) is 93.8 cm³/mol. The lowest BCUT2D eigenvalue weighted by molar-refractivity contribution is 0.0711. The van der Waals surface area contributed by atoms with Gasteiger partial charge in [0.05, 0.1) is 5.01 Å². The Kier molecular flexibility index (Phi) is 4.00. The highest BCUT2D eigenvalue weighted by molar-refractivity contribution is 7.11. The molecule has 0 radical (unpaired) electrons. The quantitative estimate of drug-likeness (QED) is 0.931. The van der Waals surface area contributed by atoms with Gasteiger partial charge < -0.3 is 9.88 Å². The molecular weight excluding hydrogens is 322 g/mol. The third-order valence-electron chi connectivity index (χ3n) is 4.95. The van der Waals surface area contributed by atoms with Gasteiger partial charge in [-0.2, -0.15) is 0 Å². The molecule has 4 rings (SSSR count). The Hall–Kier alpha value is -1.95. The van der Waals surface area contributed by atoms with E-state index < -0.39 is 0 Å². The topological polar surface area (TPSA) is 66.1 Å². The van der Waals surface area contributed by atoms with Gasteiger partial charge in [0.25, 0.3) is 11.5 Å². The van der Waals surface area contributed by atoms with Crippen molar-refractivity contribution >= 4 is 17.2 Å². The Morgan fingerprint density at radius 1 is 1.21 bits per heavy atom. The zero-order valence-electron chi connectivity index (χ0n) is 13.7. The van der Waals surface area contributed by atoms with Crippen LogP contribution < -0.4 is 5.56 Å². The summed E-state index contributed by atoms with van der Waals surface area (Å²) in [6, 6.07) is 3.60. The van der Waals surface area contributed by atoms with E-state index in [1.165, 1.54) is 9.88 Å². The van der Waals surface area contributed by atoms with Crippen LogP contribution in [0.25, 0.3) is 0 Å². The van der Waals surface area contributed by atoms with Gasteiger partial charge in [0.15, 0.2) is 0 Å². The summed E-state index contributed by atoms with van der Waals surface area (Å²) < 4.78 is 0. The van der Waals surface area contributed by atoms with Crippen LogP contribution in [-0.2, 0) is 0 Å². The number of carbonyl (C=O) groups excluding carboxylic acids is 1. The van der Waals surface area contributed by atoms with Crippen LogP contribution in [-0.4, -0.2) is 33.9 Å². The summed E-state index contributed by atoms with van der Waals surface area (Å²) in [4.78, 5) is 35.3. The number of rotatable bonds is 3. The highest BCUT2D eigenvalue weighted by Crippen LogP contribution is 2.38. The van der Waals surface area contributed by atoms with Crippen molar-refractivity contribution in [2.24, 2.45) is 0 Å². The fraction of sp³-hybridized carbons (Fsp3) is 0.500. The molecule has 5 nitrogen and oxygen atoms in total. The van der Waals surface area contributed by atoms with Crippen molar-refractivity contribution in [3.8, 4) is 0 Å². The maximum absolute atomic E-state index is 12.7. The van der Waals surface area contributed by atoms with Crippen LogP contribution in [0.3, 0.4) is 0 Å². The molecule has 0 aromatic carbocycles. The molecule has 2 aliphatic rings. The van der Waals surface area contributed by atoms with Crippen LogP contribution in [0.5, 0.6) is 0 Å². The number of pyridine rings is 1. The van der Waals surface area contributed by atoms with Crippen molar-refractivity contribution < 1.29 is 4.79 Å². The lowest BCUT2D eigenvalue weighted by Gasteiger charge is -2.31. The lowest BCUT2D eigenvalue weighted by Crippen LogP contribution is -2.40. The number of aromatic nitrogens is 2. The summed E-state index contributed by atoms with van der Waals surface area (Å²) >= 11 is 1.74. The first kappa shape index (κ1) is 15.6. The van der Waals surface area contributed by atoms with Gasteiger partial charge in [-0.05, 0) is 50.7 Å². The van der Waals surface area contributed by atoms with Crippen molar-refractivity contribution in [3.05, 3.63) is 49.8 Å². The summed E-state index contributed by atoms with van der Waals surface area (Å²) in [5, 5.41) is 1.17. The van der Waals surface area contributed by atoms with Crippen LogP contribution in [0.4, 0.5) is 0 Å². The highest BCUT2D eigenvalue weighted by atomic mass is 32.1.